The molecule has 1 N–H and O–H groups in total. The van der Waals surface area contributed by atoms with E-state index in [1.165, 1.54) is 0 Å². The minimum absolute atomic E-state index is 0.0784. The summed E-state index contributed by atoms with van der Waals surface area (Å²) in [6.07, 6.45) is 5.52. The second kappa shape index (κ2) is 10.8. The van der Waals surface area contributed by atoms with Crippen LogP contribution in [0.15, 0.2) is 0 Å². The summed E-state index contributed by atoms with van der Waals surface area (Å²) in [7, 11) is 1.91. The zero-order valence-corrected chi connectivity index (χ0v) is 16.0. The van der Waals surface area contributed by atoms with Crippen molar-refractivity contribution < 1.29 is 14.3 Å². The number of hydrogen-bond donors (Lipinski definition) is 1. The van der Waals surface area contributed by atoms with Crippen LogP contribution in [-0.2, 0) is 14.3 Å². The molecule has 0 atom stereocenters. The van der Waals surface area contributed by atoms with Crippen LogP contribution in [0, 0.1) is 11.8 Å². The van der Waals surface area contributed by atoms with E-state index in [4.69, 9.17) is 4.74 Å². The number of hydrogen-bond acceptors (Lipinski definition) is 4. The van der Waals surface area contributed by atoms with Gasteiger partial charge >= 0.3 is 0 Å². The van der Waals surface area contributed by atoms with Crippen molar-refractivity contribution in [1.82, 2.24) is 15.1 Å². The molecule has 0 unspecified atom stereocenters. The molecule has 25 heavy (non-hydrogen) atoms. The Labute approximate surface area is 152 Å². The summed E-state index contributed by atoms with van der Waals surface area (Å²) in [5.74, 6) is 0.618. The Bertz CT molecular complexity index is 416. The summed E-state index contributed by atoms with van der Waals surface area (Å²) >= 11 is 0. The first-order valence-corrected chi connectivity index (χ1v) is 9.94. The summed E-state index contributed by atoms with van der Waals surface area (Å²) in [6.45, 7) is 8.07. The molecule has 0 aromatic heterocycles. The van der Waals surface area contributed by atoms with Gasteiger partial charge < -0.3 is 15.0 Å². The van der Waals surface area contributed by atoms with E-state index in [9.17, 15) is 9.59 Å². The molecule has 0 aromatic rings. The third-order valence-electron chi connectivity index (χ3n) is 5.50. The van der Waals surface area contributed by atoms with Crippen LogP contribution >= 0.6 is 0 Å². The predicted molar refractivity (Wildman–Crippen MR) is 98.3 cm³/mol. The lowest BCUT2D eigenvalue weighted by Gasteiger charge is -2.30. The molecule has 1 aliphatic carbocycles. The minimum Gasteiger partial charge on any atom is -0.379 e. The number of nitrogens with zero attached hydrogens (tertiary/aromatic N) is 2. The molecule has 0 aromatic carbocycles. The summed E-state index contributed by atoms with van der Waals surface area (Å²) in [6, 6.07) is 0. The Kier molecular flexibility index (Phi) is 8.68. The maximum Gasteiger partial charge on any atom is 0.225 e. The van der Waals surface area contributed by atoms with Gasteiger partial charge in [0.1, 0.15) is 0 Å². The molecule has 0 bridgehead atoms. The second-order valence-electron chi connectivity index (χ2n) is 7.41. The average Bonchev–Trinajstić information content (AvgIpc) is 2.66. The molecule has 1 heterocycles. The van der Waals surface area contributed by atoms with Crippen LogP contribution in [0.5, 0.6) is 0 Å². The third kappa shape index (κ3) is 6.59. The normalized spacial score (nSPS) is 24.7. The molecule has 2 rings (SSSR count). The fourth-order valence-electron chi connectivity index (χ4n) is 3.73. The third-order valence-corrected chi connectivity index (χ3v) is 5.50. The molecule has 6 nitrogen and oxygen atoms in total. The van der Waals surface area contributed by atoms with Crippen molar-refractivity contribution in [1.29, 1.82) is 0 Å². The molecule has 2 fully saturated rings. The number of amides is 2. The Morgan fingerprint density at radius 3 is 2.40 bits per heavy atom. The van der Waals surface area contributed by atoms with E-state index in [0.29, 0.717) is 6.54 Å². The van der Waals surface area contributed by atoms with E-state index < -0.39 is 0 Å². The van der Waals surface area contributed by atoms with Gasteiger partial charge in [-0.2, -0.15) is 0 Å². The molecule has 6 heteroatoms. The topological polar surface area (TPSA) is 61.9 Å². The maximum absolute atomic E-state index is 12.4. The van der Waals surface area contributed by atoms with Crippen LogP contribution < -0.4 is 5.32 Å². The molecule has 2 amide bonds. The molecule has 2 aliphatic rings. The lowest BCUT2D eigenvalue weighted by molar-refractivity contribution is -0.137. The molecule has 1 aliphatic heterocycles. The quantitative estimate of drug-likeness (QED) is 0.718. The summed E-state index contributed by atoms with van der Waals surface area (Å²) in [4.78, 5) is 29.0. The average molecular weight is 354 g/mol. The van der Waals surface area contributed by atoms with Gasteiger partial charge in [-0.05, 0) is 32.1 Å². The summed E-state index contributed by atoms with van der Waals surface area (Å²) in [5, 5.41) is 3.08. The van der Waals surface area contributed by atoms with Gasteiger partial charge in [0.2, 0.25) is 11.8 Å². The highest BCUT2D eigenvalue weighted by atomic mass is 16.5. The zero-order chi connectivity index (χ0) is 18.1. The van der Waals surface area contributed by atoms with Crippen molar-refractivity contribution in [2.24, 2.45) is 11.8 Å². The molecular weight excluding hydrogens is 318 g/mol. The number of carbonyl (C=O) groups is 2. The molecule has 1 saturated carbocycles. The van der Waals surface area contributed by atoms with E-state index in [2.05, 4.69) is 17.1 Å². The number of carbonyl (C=O) groups excluding carboxylic acids is 2. The van der Waals surface area contributed by atoms with Crippen molar-refractivity contribution in [3.8, 4) is 0 Å². The monoisotopic (exact) mass is 353 g/mol. The number of morpholine rings is 1. The minimum atomic E-state index is 0.0784. The molecule has 0 spiro atoms. The van der Waals surface area contributed by atoms with Crippen molar-refractivity contribution in [2.75, 3.05) is 53.0 Å². The van der Waals surface area contributed by atoms with Crippen molar-refractivity contribution in [3.63, 3.8) is 0 Å². The number of unbranched alkanes of at least 4 members (excludes halogenated alkanes) is 1. The first kappa shape index (κ1) is 20.2. The Morgan fingerprint density at radius 2 is 1.76 bits per heavy atom. The van der Waals surface area contributed by atoms with E-state index in [0.717, 1.165) is 77.9 Å². The summed E-state index contributed by atoms with van der Waals surface area (Å²) < 4.78 is 5.33. The Morgan fingerprint density at radius 1 is 1.12 bits per heavy atom. The fourth-order valence-corrected chi connectivity index (χ4v) is 3.73. The van der Waals surface area contributed by atoms with Crippen molar-refractivity contribution in [2.45, 2.75) is 45.4 Å². The van der Waals surface area contributed by atoms with Crippen LogP contribution in [0.4, 0.5) is 0 Å². The van der Waals surface area contributed by atoms with E-state index in [-0.39, 0.29) is 23.7 Å². The van der Waals surface area contributed by atoms with Crippen LogP contribution in [-0.4, -0.2) is 74.6 Å². The van der Waals surface area contributed by atoms with Gasteiger partial charge in [0.25, 0.3) is 0 Å². The van der Waals surface area contributed by atoms with Gasteiger partial charge in [0.15, 0.2) is 0 Å². The van der Waals surface area contributed by atoms with E-state index in [1.54, 1.807) is 0 Å². The van der Waals surface area contributed by atoms with Gasteiger partial charge in [-0.15, -0.1) is 0 Å². The largest absolute Gasteiger partial charge is 0.379 e. The highest BCUT2D eigenvalue weighted by molar-refractivity contribution is 5.81. The van der Waals surface area contributed by atoms with Gasteiger partial charge in [0, 0.05) is 51.6 Å². The Hall–Kier alpha value is -1.14. The van der Waals surface area contributed by atoms with E-state index in [1.807, 2.05) is 11.9 Å². The number of nitrogens with one attached hydrogen (secondary N) is 1. The highest BCUT2D eigenvalue weighted by Crippen LogP contribution is 2.30. The van der Waals surface area contributed by atoms with Gasteiger partial charge in [-0.3, -0.25) is 14.5 Å². The second-order valence-corrected chi connectivity index (χ2v) is 7.41. The maximum atomic E-state index is 12.4. The van der Waals surface area contributed by atoms with Gasteiger partial charge in [0.05, 0.1) is 13.2 Å². The number of rotatable bonds is 8. The Balaban J connectivity index is 1.63. The van der Waals surface area contributed by atoms with E-state index >= 15 is 0 Å². The molecular formula is C19H35N3O3. The van der Waals surface area contributed by atoms with Crippen LogP contribution in [0.3, 0.4) is 0 Å². The fraction of sp³-hybridized carbons (Fsp3) is 0.895. The van der Waals surface area contributed by atoms with Crippen molar-refractivity contribution in [3.05, 3.63) is 0 Å². The first-order chi connectivity index (χ1) is 12.1. The smallest absolute Gasteiger partial charge is 0.225 e. The standard InChI is InChI=1S/C19H35N3O3/c1-3-4-10-21(2)19(24)17-7-5-16(6-8-17)18(23)20-9-11-22-12-14-25-15-13-22/h16-17H,3-15H2,1-2H3,(H,20,23). The van der Waals surface area contributed by atoms with Gasteiger partial charge in [-0.1, -0.05) is 13.3 Å². The molecule has 0 radical (unpaired) electrons. The zero-order valence-electron chi connectivity index (χ0n) is 16.0. The lowest BCUT2D eigenvalue weighted by atomic mass is 9.81. The van der Waals surface area contributed by atoms with Crippen LogP contribution in [0.25, 0.3) is 0 Å². The first-order valence-electron chi connectivity index (χ1n) is 9.94. The lowest BCUT2D eigenvalue weighted by Crippen LogP contribution is -2.43. The molecule has 144 valence electrons. The van der Waals surface area contributed by atoms with Crippen LogP contribution in [0.2, 0.25) is 0 Å². The van der Waals surface area contributed by atoms with Gasteiger partial charge in [-0.25, -0.2) is 0 Å². The van der Waals surface area contributed by atoms with Crippen molar-refractivity contribution >= 4 is 11.8 Å². The summed E-state index contributed by atoms with van der Waals surface area (Å²) in [5.41, 5.74) is 0. The predicted octanol–water partition coefficient (Wildman–Crippen LogP) is 1.50. The number of ether oxygens (including phenoxy) is 1. The van der Waals surface area contributed by atoms with Crippen LogP contribution in [0.1, 0.15) is 45.4 Å². The molecule has 1 saturated heterocycles. The SMILES string of the molecule is CCCCN(C)C(=O)C1CCC(C(=O)NCCN2CCOCC2)CC1. The highest BCUT2D eigenvalue weighted by Gasteiger charge is 2.31.